The smallest absolute Gasteiger partial charge is 0.339 e. The third kappa shape index (κ3) is 3.43. The van der Waals surface area contributed by atoms with E-state index in [-0.39, 0.29) is 16.4 Å². The number of carboxylic acids is 1. The Hall–Kier alpha value is -1.93. The minimum Gasteiger partial charge on any atom is -0.478 e. The van der Waals surface area contributed by atoms with Crippen LogP contribution >= 0.6 is 11.3 Å². The highest BCUT2D eigenvalue weighted by Crippen LogP contribution is 2.54. The average Bonchev–Trinajstić information content (AvgIpc) is 2.91. The first-order valence-corrected chi connectivity index (χ1v) is 11.8. The fourth-order valence-corrected chi connectivity index (χ4v) is 6.93. The van der Waals surface area contributed by atoms with Gasteiger partial charge in [0.25, 0.3) is 5.82 Å². The van der Waals surface area contributed by atoms with Crippen molar-refractivity contribution in [2.75, 3.05) is 10.6 Å². The molecule has 3 rings (SSSR count). The van der Waals surface area contributed by atoms with Crippen molar-refractivity contribution in [3.8, 4) is 0 Å². The fraction of sp³-hybridized carbons (Fsp3) is 0.500. The Morgan fingerprint density at radius 2 is 1.79 bits per heavy atom. The van der Waals surface area contributed by atoms with Gasteiger partial charge in [0.05, 0.1) is 11.8 Å². The van der Waals surface area contributed by atoms with Crippen LogP contribution < -0.4 is 9.29 Å². The van der Waals surface area contributed by atoms with E-state index >= 15 is 0 Å². The molecular formula is C20H27N2O4S2+. The van der Waals surface area contributed by atoms with Crippen LogP contribution in [-0.2, 0) is 20.9 Å². The summed E-state index contributed by atoms with van der Waals surface area (Å²) in [6, 6.07) is 2.90. The number of carboxylic acid groups (broad SMARTS) is 1. The molecule has 2 aromatic rings. The summed E-state index contributed by atoms with van der Waals surface area (Å²) in [5, 5.41) is 9.77. The Kier molecular flexibility index (Phi) is 4.87. The van der Waals surface area contributed by atoms with Crippen molar-refractivity contribution in [3.63, 3.8) is 0 Å². The molecule has 2 heterocycles. The van der Waals surface area contributed by atoms with E-state index in [1.54, 1.807) is 0 Å². The number of hydrogen-bond donors (Lipinski definition) is 1. The lowest BCUT2D eigenvalue weighted by molar-refractivity contribution is -0.362. The molecule has 6 nitrogen and oxygen atoms in total. The number of nitrogens with zero attached hydrogens (tertiary/aromatic N) is 1. The number of H-pyrrole nitrogens is 1. The molecule has 1 aliphatic rings. The maximum atomic E-state index is 12.7. The highest BCUT2D eigenvalue weighted by Gasteiger charge is 2.44. The Morgan fingerprint density at radius 1 is 1.18 bits per heavy atom. The van der Waals surface area contributed by atoms with Crippen LogP contribution in [0.15, 0.2) is 18.3 Å². The zero-order valence-corrected chi connectivity index (χ0v) is 18.7. The molecule has 0 atom stereocenters. The van der Waals surface area contributed by atoms with Crippen LogP contribution in [0, 0.1) is 6.92 Å². The first-order chi connectivity index (χ1) is 12.8. The molecule has 0 spiro atoms. The van der Waals surface area contributed by atoms with Gasteiger partial charge in [-0.15, -0.1) is 4.31 Å². The number of nitrogens with one attached hydrogen (secondary N) is 1. The predicted molar refractivity (Wildman–Crippen MR) is 111 cm³/mol. The Labute approximate surface area is 170 Å². The van der Waals surface area contributed by atoms with Crippen molar-refractivity contribution in [3.05, 3.63) is 39.9 Å². The molecule has 28 heavy (non-hydrogen) atoms. The molecule has 0 amide bonds. The van der Waals surface area contributed by atoms with Gasteiger partial charge in [-0.25, -0.2) is 9.78 Å². The van der Waals surface area contributed by atoms with Gasteiger partial charge < -0.3 is 5.11 Å². The van der Waals surface area contributed by atoms with Gasteiger partial charge in [-0.2, -0.15) is 8.42 Å². The number of pyridine rings is 1. The lowest BCUT2D eigenvalue weighted by atomic mass is 9.66. The number of carbonyl (C=O) groups is 1. The van der Waals surface area contributed by atoms with Crippen molar-refractivity contribution in [2.45, 2.75) is 58.3 Å². The lowest BCUT2D eigenvalue weighted by Gasteiger charge is -2.39. The number of aromatic nitrogens is 1. The molecule has 0 aliphatic heterocycles. The maximum absolute atomic E-state index is 12.7. The quantitative estimate of drug-likeness (QED) is 0.804. The number of hydrogen-bond acceptors (Lipinski definition) is 4. The topological polar surface area (TPSA) is 88.8 Å². The molecule has 2 N–H and O–H groups in total. The number of thiophene rings is 1. The summed E-state index contributed by atoms with van der Waals surface area (Å²) >= 11 is 1.52. The number of sulfonamides is 1. The van der Waals surface area contributed by atoms with Crippen LogP contribution in [-0.4, -0.2) is 25.7 Å². The summed E-state index contributed by atoms with van der Waals surface area (Å²) in [6.45, 7) is 10.8. The van der Waals surface area contributed by atoms with Gasteiger partial charge in [0.2, 0.25) is 5.00 Å². The van der Waals surface area contributed by atoms with Crippen LogP contribution in [0.1, 0.15) is 66.9 Å². The number of rotatable bonds is 4. The molecule has 8 heteroatoms. The number of anilines is 2. The number of aromatic amines is 1. The summed E-state index contributed by atoms with van der Waals surface area (Å²) in [7, 11) is -3.64. The molecule has 2 aromatic heterocycles. The van der Waals surface area contributed by atoms with Gasteiger partial charge in [-0.1, -0.05) is 39.0 Å². The highest BCUT2D eigenvalue weighted by atomic mass is 32.2. The number of aromatic carboxylic acids is 1. The van der Waals surface area contributed by atoms with Gasteiger partial charge >= 0.3 is 16.0 Å². The fourth-order valence-electron chi connectivity index (χ4n) is 3.96. The summed E-state index contributed by atoms with van der Waals surface area (Å²) in [6.07, 6.45) is 4.57. The van der Waals surface area contributed by atoms with Crippen molar-refractivity contribution in [2.24, 2.45) is 0 Å². The zero-order chi connectivity index (χ0) is 21.1. The Morgan fingerprint density at radius 3 is 2.25 bits per heavy atom. The van der Waals surface area contributed by atoms with Gasteiger partial charge in [-0.3, -0.25) is 0 Å². The monoisotopic (exact) mass is 423 g/mol. The minimum absolute atomic E-state index is 0.0153. The molecule has 0 aromatic carbocycles. The van der Waals surface area contributed by atoms with Crippen molar-refractivity contribution in [1.29, 1.82) is 0 Å². The van der Waals surface area contributed by atoms with E-state index in [1.807, 2.05) is 6.92 Å². The van der Waals surface area contributed by atoms with E-state index in [0.717, 1.165) is 18.4 Å². The largest absolute Gasteiger partial charge is 0.478 e. The van der Waals surface area contributed by atoms with E-state index in [2.05, 4.69) is 32.7 Å². The Bertz CT molecular complexity index is 1030. The van der Waals surface area contributed by atoms with Crippen LogP contribution in [0.4, 0.5) is 10.8 Å². The molecule has 152 valence electrons. The van der Waals surface area contributed by atoms with E-state index in [9.17, 15) is 13.2 Å². The van der Waals surface area contributed by atoms with Crippen molar-refractivity contribution in [1.82, 2.24) is 0 Å². The molecule has 0 bridgehead atoms. The normalized spacial score (nSPS) is 17.8. The second-order valence-corrected chi connectivity index (χ2v) is 11.6. The van der Waals surface area contributed by atoms with Crippen molar-refractivity contribution < 1.29 is 23.3 Å². The molecule has 0 saturated heterocycles. The van der Waals surface area contributed by atoms with Gasteiger partial charge in [0.1, 0.15) is 6.20 Å². The summed E-state index contributed by atoms with van der Waals surface area (Å²) < 4.78 is 26.8. The minimum atomic E-state index is -3.64. The molecule has 1 aliphatic carbocycles. The third-order valence-corrected chi connectivity index (χ3v) is 8.37. The summed E-state index contributed by atoms with van der Waals surface area (Å²) in [5.41, 5.74) is 2.24. The second kappa shape index (κ2) is 6.56. The van der Waals surface area contributed by atoms with Gasteiger partial charge in [-0.05, 0) is 42.2 Å². The molecule has 0 fully saturated rings. The van der Waals surface area contributed by atoms with E-state index in [0.29, 0.717) is 10.8 Å². The van der Waals surface area contributed by atoms with Crippen LogP contribution in [0.2, 0.25) is 0 Å². The van der Waals surface area contributed by atoms with E-state index < -0.39 is 16.0 Å². The predicted octanol–water partition coefficient (Wildman–Crippen LogP) is 4.02. The summed E-state index contributed by atoms with van der Waals surface area (Å²) in [5.74, 6) is -0.746. The summed E-state index contributed by atoms with van der Waals surface area (Å²) in [4.78, 5) is 15.2. The van der Waals surface area contributed by atoms with Crippen LogP contribution in [0.5, 0.6) is 0 Å². The molecule has 0 radical (unpaired) electrons. The zero-order valence-electron chi connectivity index (χ0n) is 17.1. The maximum Gasteiger partial charge on any atom is 0.339 e. The first kappa shape index (κ1) is 20.8. The first-order valence-electron chi connectivity index (χ1n) is 9.15. The molecule has 0 unspecified atom stereocenters. The second-order valence-electron chi connectivity index (χ2n) is 8.80. The van der Waals surface area contributed by atoms with Crippen LogP contribution in [0.25, 0.3) is 0 Å². The average molecular weight is 424 g/mol. The van der Waals surface area contributed by atoms with E-state index in [1.165, 1.54) is 50.7 Å². The SMILES string of the molecule is Cc1c(N(c2ccc(C(=O)O)c[nH+]2)S(C)(=O)=O)sc2c1C(C)(C)CCC2(C)C. The highest BCUT2D eigenvalue weighted by molar-refractivity contribution is 7.92. The van der Waals surface area contributed by atoms with Crippen molar-refractivity contribution >= 4 is 38.1 Å². The lowest BCUT2D eigenvalue weighted by Crippen LogP contribution is -2.33. The number of fused-ring (bicyclic) bond motifs is 1. The van der Waals surface area contributed by atoms with Crippen LogP contribution in [0.3, 0.4) is 0 Å². The molecular weight excluding hydrogens is 396 g/mol. The standard InChI is InChI=1S/C20H26N2O4S2/c1-12-15-16(20(4,5)10-9-19(15,2)3)27-17(12)22(28(6,25)26)14-8-7-13(11-21-14)18(23)24/h7-8,11H,9-10H2,1-6H3,(H,23,24)/p+1. The van der Waals surface area contributed by atoms with Gasteiger partial charge in [0.15, 0.2) is 0 Å². The van der Waals surface area contributed by atoms with Gasteiger partial charge in [0, 0.05) is 16.5 Å². The molecule has 0 saturated carbocycles. The third-order valence-electron chi connectivity index (χ3n) is 5.57. The Balaban J connectivity index is 2.24. The van der Waals surface area contributed by atoms with E-state index in [4.69, 9.17) is 5.11 Å².